The van der Waals surface area contributed by atoms with Crippen LogP contribution < -0.4 is 5.56 Å². The smallest absolute Gasteiger partial charge is 0.274 e. The molecule has 0 fully saturated rings. The Bertz CT molecular complexity index is 805. The van der Waals surface area contributed by atoms with Gasteiger partial charge in [-0.1, -0.05) is 19.1 Å². The highest BCUT2D eigenvalue weighted by molar-refractivity contribution is 5.91. The fourth-order valence-electron chi connectivity index (χ4n) is 2.22. The zero-order valence-electron chi connectivity index (χ0n) is 13.2. The molecule has 0 radical (unpaired) electrons. The maximum absolute atomic E-state index is 12.5. The van der Waals surface area contributed by atoms with E-state index in [9.17, 15) is 9.59 Å². The summed E-state index contributed by atoms with van der Waals surface area (Å²) < 4.78 is 1.30. The standard InChI is InChI=1S/C17H18N4O2/c1-3-9-21-16(22)8-7-15(19-21)17(23)20(2)12-14-6-4-5-13(10-14)11-18/h4-8,10H,3,9,12H2,1-2H3. The third kappa shape index (κ3) is 4.04. The lowest BCUT2D eigenvalue weighted by Gasteiger charge is -2.17. The summed E-state index contributed by atoms with van der Waals surface area (Å²) in [5.41, 5.74) is 1.43. The van der Waals surface area contributed by atoms with E-state index < -0.39 is 0 Å². The van der Waals surface area contributed by atoms with Gasteiger partial charge in [-0.2, -0.15) is 10.4 Å². The number of amides is 1. The van der Waals surface area contributed by atoms with Gasteiger partial charge in [0.25, 0.3) is 11.5 Å². The summed E-state index contributed by atoms with van der Waals surface area (Å²) in [6.07, 6.45) is 0.765. The van der Waals surface area contributed by atoms with Crippen molar-refractivity contribution in [2.75, 3.05) is 7.05 Å². The van der Waals surface area contributed by atoms with Crippen molar-refractivity contribution < 1.29 is 4.79 Å². The molecule has 1 amide bonds. The van der Waals surface area contributed by atoms with E-state index in [2.05, 4.69) is 11.2 Å². The molecule has 6 nitrogen and oxygen atoms in total. The Kier molecular flexibility index (Phi) is 5.26. The van der Waals surface area contributed by atoms with E-state index in [0.717, 1.165) is 12.0 Å². The van der Waals surface area contributed by atoms with E-state index in [4.69, 9.17) is 5.26 Å². The number of nitrogens with zero attached hydrogens (tertiary/aromatic N) is 4. The Morgan fingerprint density at radius 2 is 2.13 bits per heavy atom. The van der Waals surface area contributed by atoms with Crippen molar-refractivity contribution >= 4 is 5.91 Å². The van der Waals surface area contributed by atoms with Gasteiger partial charge in [0.05, 0.1) is 11.6 Å². The molecule has 1 heterocycles. The Labute approximate surface area is 134 Å². The van der Waals surface area contributed by atoms with Crippen LogP contribution in [0.2, 0.25) is 0 Å². The molecule has 23 heavy (non-hydrogen) atoms. The molecule has 0 saturated heterocycles. The number of carbonyl (C=O) groups is 1. The zero-order chi connectivity index (χ0) is 16.8. The van der Waals surface area contributed by atoms with Gasteiger partial charge in [-0.25, -0.2) is 4.68 Å². The van der Waals surface area contributed by atoms with Crippen LogP contribution in [-0.4, -0.2) is 27.6 Å². The van der Waals surface area contributed by atoms with Crippen molar-refractivity contribution in [2.45, 2.75) is 26.4 Å². The van der Waals surface area contributed by atoms with Gasteiger partial charge in [0.1, 0.15) is 5.69 Å². The molecule has 0 atom stereocenters. The number of hydrogen-bond donors (Lipinski definition) is 0. The van der Waals surface area contributed by atoms with Crippen LogP contribution in [0.25, 0.3) is 0 Å². The molecule has 2 rings (SSSR count). The average Bonchev–Trinajstić information content (AvgIpc) is 2.56. The van der Waals surface area contributed by atoms with Gasteiger partial charge in [0.2, 0.25) is 0 Å². The normalized spacial score (nSPS) is 10.1. The summed E-state index contributed by atoms with van der Waals surface area (Å²) in [4.78, 5) is 25.6. The lowest BCUT2D eigenvalue weighted by atomic mass is 10.1. The number of aryl methyl sites for hydroxylation is 1. The summed E-state index contributed by atoms with van der Waals surface area (Å²) >= 11 is 0. The van der Waals surface area contributed by atoms with Crippen molar-refractivity contribution in [1.29, 1.82) is 5.26 Å². The van der Waals surface area contributed by atoms with Gasteiger partial charge in [-0.15, -0.1) is 0 Å². The van der Waals surface area contributed by atoms with Crippen molar-refractivity contribution in [1.82, 2.24) is 14.7 Å². The van der Waals surface area contributed by atoms with E-state index >= 15 is 0 Å². The lowest BCUT2D eigenvalue weighted by Crippen LogP contribution is -2.31. The summed E-state index contributed by atoms with van der Waals surface area (Å²) in [6, 6.07) is 12.0. The van der Waals surface area contributed by atoms with E-state index in [1.807, 2.05) is 13.0 Å². The molecule has 0 aliphatic carbocycles. The number of aromatic nitrogens is 2. The van der Waals surface area contributed by atoms with Gasteiger partial charge in [0, 0.05) is 26.2 Å². The summed E-state index contributed by atoms with van der Waals surface area (Å²) in [7, 11) is 1.67. The Balaban J connectivity index is 2.17. The molecule has 1 aromatic heterocycles. The minimum absolute atomic E-state index is 0.215. The average molecular weight is 310 g/mol. The number of benzene rings is 1. The van der Waals surface area contributed by atoms with Crippen LogP contribution in [0, 0.1) is 11.3 Å². The molecule has 0 bridgehead atoms. The molecule has 0 aliphatic heterocycles. The van der Waals surface area contributed by atoms with E-state index in [-0.39, 0.29) is 17.2 Å². The summed E-state index contributed by atoms with van der Waals surface area (Å²) in [5.74, 6) is -0.266. The van der Waals surface area contributed by atoms with Crippen LogP contribution in [0.4, 0.5) is 0 Å². The third-order valence-corrected chi connectivity index (χ3v) is 3.34. The summed E-state index contributed by atoms with van der Waals surface area (Å²) in [5, 5.41) is 13.0. The second-order valence-electron chi connectivity index (χ2n) is 5.25. The lowest BCUT2D eigenvalue weighted by molar-refractivity contribution is 0.0776. The van der Waals surface area contributed by atoms with E-state index in [1.54, 1.807) is 25.2 Å². The molecule has 2 aromatic rings. The first-order chi connectivity index (χ1) is 11.0. The van der Waals surface area contributed by atoms with Crippen LogP contribution in [0.3, 0.4) is 0 Å². The second-order valence-corrected chi connectivity index (χ2v) is 5.25. The van der Waals surface area contributed by atoms with Gasteiger partial charge in [-0.3, -0.25) is 9.59 Å². The fourth-order valence-corrected chi connectivity index (χ4v) is 2.22. The Morgan fingerprint density at radius 1 is 1.35 bits per heavy atom. The first-order valence-electron chi connectivity index (χ1n) is 7.38. The van der Waals surface area contributed by atoms with Crippen LogP contribution in [0.1, 0.15) is 35.0 Å². The topological polar surface area (TPSA) is 79.0 Å². The predicted octanol–water partition coefficient (Wildman–Crippen LogP) is 1.80. The fraction of sp³-hybridized carbons (Fsp3) is 0.294. The van der Waals surface area contributed by atoms with Gasteiger partial charge >= 0.3 is 0 Å². The predicted molar refractivity (Wildman–Crippen MR) is 85.7 cm³/mol. The Hall–Kier alpha value is -2.94. The molecule has 6 heteroatoms. The molecule has 118 valence electrons. The highest BCUT2D eigenvalue weighted by Gasteiger charge is 2.15. The highest BCUT2D eigenvalue weighted by atomic mass is 16.2. The molecule has 0 unspecified atom stereocenters. The SMILES string of the molecule is CCCn1nc(C(=O)N(C)Cc2cccc(C#N)c2)ccc1=O. The van der Waals surface area contributed by atoms with Gasteiger partial charge in [0.15, 0.2) is 0 Å². The van der Waals surface area contributed by atoms with Crippen LogP contribution in [0.5, 0.6) is 0 Å². The minimum Gasteiger partial charge on any atom is -0.336 e. The maximum Gasteiger partial charge on any atom is 0.274 e. The first kappa shape index (κ1) is 16.4. The maximum atomic E-state index is 12.5. The largest absolute Gasteiger partial charge is 0.336 e. The zero-order valence-corrected chi connectivity index (χ0v) is 13.2. The number of hydrogen-bond acceptors (Lipinski definition) is 4. The quantitative estimate of drug-likeness (QED) is 0.843. The third-order valence-electron chi connectivity index (χ3n) is 3.34. The molecule has 0 N–H and O–H groups in total. The van der Waals surface area contributed by atoms with Crippen molar-refractivity contribution in [3.8, 4) is 6.07 Å². The van der Waals surface area contributed by atoms with E-state index in [0.29, 0.717) is 18.7 Å². The second kappa shape index (κ2) is 7.36. The van der Waals surface area contributed by atoms with Crippen molar-refractivity contribution in [2.24, 2.45) is 0 Å². The number of rotatable bonds is 5. The summed E-state index contributed by atoms with van der Waals surface area (Å²) in [6.45, 7) is 2.79. The van der Waals surface area contributed by atoms with Crippen LogP contribution in [0.15, 0.2) is 41.2 Å². The number of nitriles is 1. The highest BCUT2D eigenvalue weighted by Crippen LogP contribution is 2.08. The molecular weight excluding hydrogens is 292 g/mol. The minimum atomic E-state index is -0.266. The molecule has 0 spiro atoms. The van der Waals surface area contributed by atoms with Gasteiger partial charge in [-0.05, 0) is 30.2 Å². The van der Waals surface area contributed by atoms with Crippen molar-refractivity contribution in [3.05, 3.63) is 63.6 Å². The number of carbonyl (C=O) groups excluding carboxylic acids is 1. The van der Waals surface area contributed by atoms with Crippen LogP contribution >= 0.6 is 0 Å². The molecule has 0 aliphatic rings. The first-order valence-corrected chi connectivity index (χ1v) is 7.38. The van der Waals surface area contributed by atoms with Gasteiger partial charge < -0.3 is 4.90 Å². The molecular formula is C17H18N4O2. The molecule has 0 saturated carbocycles. The van der Waals surface area contributed by atoms with E-state index in [1.165, 1.54) is 21.7 Å². The van der Waals surface area contributed by atoms with Crippen LogP contribution in [-0.2, 0) is 13.1 Å². The Morgan fingerprint density at radius 3 is 2.83 bits per heavy atom. The molecule has 1 aromatic carbocycles. The monoisotopic (exact) mass is 310 g/mol. The van der Waals surface area contributed by atoms with Crippen molar-refractivity contribution in [3.63, 3.8) is 0 Å².